The number of rotatable bonds is 8. The summed E-state index contributed by atoms with van der Waals surface area (Å²) in [6, 6.07) is 12.5. The SMILES string of the molecule is CCNS(=O)(=O)c1ccc(OC)cc1.CCNS(=O)(=O)c1ccc(OC)cc1. The van der Waals surface area contributed by atoms with E-state index in [1.54, 1.807) is 38.1 Å². The third-order valence-electron chi connectivity index (χ3n) is 3.41. The van der Waals surface area contributed by atoms with Gasteiger partial charge in [0.15, 0.2) is 0 Å². The van der Waals surface area contributed by atoms with E-state index in [-0.39, 0.29) is 9.79 Å². The first-order chi connectivity index (χ1) is 13.2. The van der Waals surface area contributed by atoms with E-state index < -0.39 is 20.0 Å². The molecule has 28 heavy (non-hydrogen) atoms. The molecule has 0 aliphatic heterocycles. The normalized spacial score (nSPS) is 11.3. The van der Waals surface area contributed by atoms with Crippen LogP contribution in [-0.4, -0.2) is 44.1 Å². The van der Waals surface area contributed by atoms with Crippen LogP contribution < -0.4 is 18.9 Å². The van der Waals surface area contributed by atoms with Crippen LogP contribution in [0.15, 0.2) is 58.3 Å². The first kappa shape index (κ1) is 23.9. The second-order valence-electron chi connectivity index (χ2n) is 5.35. The Kier molecular flexibility index (Phi) is 9.39. The van der Waals surface area contributed by atoms with Crippen LogP contribution in [0.2, 0.25) is 0 Å². The average molecular weight is 431 g/mol. The van der Waals surface area contributed by atoms with Crippen LogP contribution in [-0.2, 0) is 20.0 Å². The molecule has 8 nitrogen and oxygen atoms in total. The van der Waals surface area contributed by atoms with Crippen molar-refractivity contribution >= 4 is 20.0 Å². The molecule has 2 N–H and O–H groups in total. The summed E-state index contributed by atoms with van der Waals surface area (Å²) in [7, 11) is -3.61. The predicted octanol–water partition coefficient (Wildman–Crippen LogP) is 1.99. The lowest BCUT2D eigenvalue weighted by molar-refractivity contribution is 0.414. The number of hydrogen-bond donors (Lipinski definition) is 2. The Morgan fingerprint density at radius 2 is 0.929 bits per heavy atom. The van der Waals surface area contributed by atoms with Crippen LogP contribution in [0.1, 0.15) is 13.8 Å². The molecule has 2 aromatic carbocycles. The molecule has 0 amide bonds. The fourth-order valence-corrected chi connectivity index (χ4v) is 4.14. The molecule has 2 rings (SSSR count). The summed E-state index contributed by atoms with van der Waals surface area (Å²) in [6.07, 6.45) is 0. The van der Waals surface area contributed by atoms with Gasteiger partial charge >= 0.3 is 0 Å². The average Bonchev–Trinajstić information content (AvgIpc) is 2.68. The molecule has 2 aromatic rings. The summed E-state index contributed by atoms with van der Waals surface area (Å²) in [4.78, 5) is 0.500. The van der Waals surface area contributed by atoms with Crippen molar-refractivity contribution in [2.24, 2.45) is 0 Å². The van der Waals surface area contributed by atoms with Crippen molar-refractivity contribution < 1.29 is 26.3 Å². The van der Waals surface area contributed by atoms with Crippen LogP contribution in [0.3, 0.4) is 0 Å². The minimum atomic E-state index is -3.34. The number of benzene rings is 2. The summed E-state index contributed by atoms with van der Waals surface area (Å²) in [6.45, 7) is 4.24. The van der Waals surface area contributed by atoms with Gasteiger partial charge in [0.2, 0.25) is 20.0 Å². The highest BCUT2D eigenvalue weighted by Gasteiger charge is 2.12. The Morgan fingerprint density at radius 1 is 0.643 bits per heavy atom. The molecule has 0 radical (unpaired) electrons. The summed E-state index contributed by atoms with van der Waals surface area (Å²) in [5.74, 6) is 1.28. The van der Waals surface area contributed by atoms with Gasteiger partial charge in [-0.15, -0.1) is 0 Å². The van der Waals surface area contributed by atoms with E-state index >= 15 is 0 Å². The van der Waals surface area contributed by atoms with Crippen LogP contribution in [0.5, 0.6) is 11.5 Å². The number of nitrogens with one attached hydrogen (secondary N) is 2. The highest BCUT2D eigenvalue weighted by molar-refractivity contribution is 7.89. The van der Waals surface area contributed by atoms with Crippen LogP contribution in [0.4, 0.5) is 0 Å². The van der Waals surface area contributed by atoms with E-state index in [0.717, 1.165) is 0 Å². The predicted molar refractivity (Wildman–Crippen MR) is 108 cm³/mol. The standard InChI is InChI=1S/2C9H13NO3S/c2*1-3-10-14(11,12)9-6-4-8(13-2)5-7-9/h2*4-7,10H,3H2,1-2H3. The van der Waals surface area contributed by atoms with E-state index in [0.29, 0.717) is 24.6 Å². The molecule has 0 bridgehead atoms. The zero-order valence-electron chi connectivity index (χ0n) is 16.3. The highest BCUT2D eigenvalue weighted by atomic mass is 32.2. The smallest absolute Gasteiger partial charge is 0.240 e. The van der Waals surface area contributed by atoms with Crippen molar-refractivity contribution in [1.82, 2.24) is 9.44 Å². The van der Waals surface area contributed by atoms with Gasteiger partial charge in [0.25, 0.3) is 0 Å². The zero-order valence-corrected chi connectivity index (χ0v) is 17.9. The molecule has 0 heterocycles. The van der Waals surface area contributed by atoms with Crippen molar-refractivity contribution in [2.75, 3.05) is 27.3 Å². The monoisotopic (exact) mass is 430 g/mol. The number of methoxy groups -OCH3 is 2. The van der Waals surface area contributed by atoms with Crippen molar-refractivity contribution in [3.05, 3.63) is 48.5 Å². The van der Waals surface area contributed by atoms with Crippen molar-refractivity contribution in [3.63, 3.8) is 0 Å². The van der Waals surface area contributed by atoms with Gasteiger partial charge in [0.05, 0.1) is 24.0 Å². The number of ether oxygens (including phenoxy) is 2. The maximum absolute atomic E-state index is 11.5. The van der Waals surface area contributed by atoms with Crippen LogP contribution >= 0.6 is 0 Å². The number of hydrogen-bond acceptors (Lipinski definition) is 6. The molecule has 0 spiro atoms. The van der Waals surface area contributed by atoms with Crippen molar-refractivity contribution in [2.45, 2.75) is 23.6 Å². The zero-order chi connectivity index (χ0) is 21.2. The molecular weight excluding hydrogens is 404 g/mol. The molecule has 0 saturated carbocycles. The van der Waals surface area contributed by atoms with Gasteiger partial charge in [-0.05, 0) is 48.5 Å². The topological polar surface area (TPSA) is 111 Å². The molecule has 0 fully saturated rings. The fraction of sp³-hybridized carbons (Fsp3) is 0.333. The summed E-state index contributed by atoms with van der Waals surface area (Å²) in [5, 5.41) is 0. The summed E-state index contributed by atoms with van der Waals surface area (Å²) >= 11 is 0. The van der Waals surface area contributed by atoms with Crippen LogP contribution in [0, 0.1) is 0 Å². The molecule has 156 valence electrons. The Balaban J connectivity index is 0.000000280. The van der Waals surface area contributed by atoms with Gasteiger partial charge in [0.1, 0.15) is 11.5 Å². The Hall–Kier alpha value is -2.14. The molecule has 0 aliphatic rings. The van der Waals surface area contributed by atoms with E-state index in [1.165, 1.54) is 38.5 Å². The van der Waals surface area contributed by atoms with E-state index in [9.17, 15) is 16.8 Å². The molecule has 0 aromatic heterocycles. The van der Waals surface area contributed by atoms with Gasteiger partial charge in [0, 0.05) is 13.1 Å². The highest BCUT2D eigenvalue weighted by Crippen LogP contribution is 2.15. The lowest BCUT2D eigenvalue weighted by Crippen LogP contribution is -2.22. The lowest BCUT2D eigenvalue weighted by Gasteiger charge is -2.04. The largest absolute Gasteiger partial charge is 0.497 e. The minimum absolute atomic E-state index is 0.250. The Labute approximate surface area is 167 Å². The molecular formula is C18H26N2O6S2. The third-order valence-corrected chi connectivity index (χ3v) is 6.53. The summed E-state index contributed by atoms with van der Waals surface area (Å²) in [5.41, 5.74) is 0. The lowest BCUT2D eigenvalue weighted by atomic mass is 10.3. The van der Waals surface area contributed by atoms with Crippen LogP contribution in [0.25, 0.3) is 0 Å². The van der Waals surface area contributed by atoms with E-state index in [1.807, 2.05) is 0 Å². The van der Waals surface area contributed by atoms with Gasteiger partial charge in [-0.3, -0.25) is 0 Å². The second kappa shape index (κ2) is 11.0. The third kappa shape index (κ3) is 7.12. The molecule has 0 aliphatic carbocycles. The molecule has 10 heteroatoms. The maximum atomic E-state index is 11.5. The Bertz CT molecular complexity index is 846. The second-order valence-corrected chi connectivity index (χ2v) is 8.89. The molecule has 0 atom stereocenters. The minimum Gasteiger partial charge on any atom is -0.497 e. The van der Waals surface area contributed by atoms with Crippen molar-refractivity contribution in [1.29, 1.82) is 0 Å². The fourth-order valence-electron chi connectivity index (χ4n) is 2.06. The first-order valence-electron chi connectivity index (χ1n) is 8.47. The van der Waals surface area contributed by atoms with E-state index in [4.69, 9.17) is 9.47 Å². The number of sulfonamides is 2. The first-order valence-corrected chi connectivity index (χ1v) is 11.4. The molecule has 0 unspecified atom stereocenters. The maximum Gasteiger partial charge on any atom is 0.240 e. The molecule has 0 saturated heterocycles. The summed E-state index contributed by atoms with van der Waals surface area (Å²) < 4.78 is 60.6. The quantitative estimate of drug-likeness (QED) is 0.663. The van der Waals surface area contributed by atoms with Gasteiger partial charge < -0.3 is 9.47 Å². The van der Waals surface area contributed by atoms with Crippen molar-refractivity contribution in [3.8, 4) is 11.5 Å². The van der Waals surface area contributed by atoms with Gasteiger partial charge in [-0.25, -0.2) is 26.3 Å². The Morgan fingerprint density at radius 3 is 1.14 bits per heavy atom. The van der Waals surface area contributed by atoms with Gasteiger partial charge in [-0.2, -0.15) is 0 Å². The van der Waals surface area contributed by atoms with Gasteiger partial charge in [-0.1, -0.05) is 13.8 Å². The van der Waals surface area contributed by atoms with E-state index in [2.05, 4.69) is 9.44 Å².